The lowest BCUT2D eigenvalue weighted by molar-refractivity contribution is 0.0671. The molecule has 1 fully saturated rings. The van der Waals surface area contributed by atoms with E-state index in [-0.39, 0.29) is 24.1 Å². The molecule has 4 nitrogen and oxygen atoms in total. The van der Waals surface area contributed by atoms with Crippen molar-refractivity contribution >= 4 is 5.91 Å². The van der Waals surface area contributed by atoms with Crippen molar-refractivity contribution in [2.45, 2.75) is 32.0 Å². The fraction of sp³-hybridized carbons (Fsp3) is 0.500. The Balaban J connectivity index is 1.90. The van der Waals surface area contributed by atoms with Crippen molar-refractivity contribution in [3.63, 3.8) is 0 Å². The summed E-state index contributed by atoms with van der Waals surface area (Å²) in [5.41, 5.74) is 1.40. The molecule has 1 aromatic rings. The van der Waals surface area contributed by atoms with Gasteiger partial charge in [-0.05, 0) is 36.6 Å². The quantitative estimate of drug-likeness (QED) is 0.838. The number of hydrogen-bond donors (Lipinski definition) is 2. The van der Waals surface area contributed by atoms with Crippen molar-refractivity contribution in [3.05, 3.63) is 34.6 Å². The zero-order chi connectivity index (χ0) is 13.4. The van der Waals surface area contributed by atoms with Crippen LogP contribution in [-0.2, 0) is 13.2 Å². The van der Waals surface area contributed by atoms with Crippen LogP contribution < -0.4 is 5.32 Å². The van der Waals surface area contributed by atoms with Crippen molar-refractivity contribution in [1.29, 1.82) is 0 Å². The summed E-state index contributed by atoms with van der Waals surface area (Å²) in [7, 11) is 0. The molecule has 0 aliphatic carbocycles. The molecular weight excluding hydrogens is 247 g/mol. The van der Waals surface area contributed by atoms with Gasteiger partial charge in [0, 0.05) is 19.1 Å². The van der Waals surface area contributed by atoms with E-state index in [1.165, 1.54) is 6.07 Å². The molecule has 19 heavy (non-hydrogen) atoms. The van der Waals surface area contributed by atoms with Gasteiger partial charge in [0.05, 0.1) is 12.2 Å². The topological polar surface area (TPSA) is 52.6 Å². The predicted molar refractivity (Wildman–Crippen MR) is 68.1 cm³/mol. The number of piperidine rings is 1. The van der Waals surface area contributed by atoms with Crippen molar-refractivity contribution in [2.75, 3.05) is 13.1 Å². The standard InChI is InChI=1S/C14H17FN2O2/c15-12-5-9(8-18)4-10-7-17(14(19)13(10)12)11-2-1-3-16-6-11/h4-5,11,16,18H,1-3,6-8H2. The number of amides is 1. The summed E-state index contributed by atoms with van der Waals surface area (Å²) in [6.07, 6.45) is 2.00. The highest BCUT2D eigenvalue weighted by molar-refractivity contribution is 5.99. The predicted octanol–water partition coefficient (Wildman–Crippen LogP) is 1.03. The molecule has 2 heterocycles. The van der Waals surface area contributed by atoms with E-state index < -0.39 is 5.82 Å². The third kappa shape index (κ3) is 2.13. The summed E-state index contributed by atoms with van der Waals surface area (Å²) in [6.45, 7) is 2.00. The van der Waals surface area contributed by atoms with Crippen LogP contribution >= 0.6 is 0 Å². The Labute approximate surface area is 111 Å². The van der Waals surface area contributed by atoms with Crippen LogP contribution in [0.3, 0.4) is 0 Å². The molecule has 2 aliphatic heterocycles. The molecule has 0 saturated carbocycles. The first-order chi connectivity index (χ1) is 9.20. The van der Waals surface area contributed by atoms with E-state index in [0.717, 1.165) is 25.9 Å². The first-order valence-electron chi connectivity index (χ1n) is 6.64. The molecule has 102 valence electrons. The number of carbonyl (C=O) groups excluding carboxylic acids is 1. The van der Waals surface area contributed by atoms with Gasteiger partial charge in [-0.3, -0.25) is 4.79 Å². The molecule has 0 aromatic heterocycles. The zero-order valence-corrected chi connectivity index (χ0v) is 10.7. The lowest BCUT2D eigenvalue weighted by Gasteiger charge is -2.31. The molecule has 1 amide bonds. The van der Waals surface area contributed by atoms with E-state index in [2.05, 4.69) is 5.32 Å². The van der Waals surface area contributed by atoms with E-state index >= 15 is 0 Å². The van der Waals surface area contributed by atoms with Gasteiger partial charge in [0.2, 0.25) is 0 Å². The van der Waals surface area contributed by atoms with Gasteiger partial charge in [-0.15, -0.1) is 0 Å². The molecule has 2 aliphatic rings. The van der Waals surface area contributed by atoms with Crippen LogP contribution in [0.15, 0.2) is 12.1 Å². The lowest BCUT2D eigenvalue weighted by Crippen LogP contribution is -2.46. The first kappa shape index (κ1) is 12.6. The number of aliphatic hydroxyl groups excluding tert-OH is 1. The fourth-order valence-electron chi connectivity index (χ4n) is 2.97. The Hall–Kier alpha value is -1.46. The third-order valence-corrected chi connectivity index (χ3v) is 3.94. The molecule has 0 spiro atoms. The number of hydrogen-bond acceptors (Lipinski definition) is 3. The molecular formula is C14H17FN2O2. The summed E-state index contributed by atoms with van der Waals surface area (Å²) in [6, 6.07) is 3.12. The highest BCUT2D eigenvalue weighted by Crippen LogP contribution is 2.29. The van der Waals surface area contributed by atoms with E-state index in [1.807, 2.05) is 0 Å². The number of fused-ring (bicyclic) bond motifs is 1. The van der Waals surface area contributed by atoms with Gasteiger partial charge < -0.3 is 15.3 Å². The highest BCUT2D eigenvalue weighted by Gasteiger charge is 2.35. The number of halogens is 1. The van der Waals surface area contributed by atoms with Crippen LogP contribution in [-0.4, -0.2) is 35.0 Å². The number of benzene rings is 1. The number of nitrogens with zero attached hydrogens (tertiary/aromatic N) is 1. The first-order valence-corrected chi connectivity index (χ1v) is 6.64. The minimum absolute atomic E-state index is 0.144. The highest BCUT2D eigenvalue weighted by atomic mass is 19.1. The number of carbonyl (C=O) groups is 1. The van der Waals surface area contributed by atoms with Crippen LogP contribution in [0.4, 0.5) is 4.39 Å². The van der Waals surface area contributed by atoms with Gasteiger partial charge in [0.15, 0.2) is 0 Å². The fourth-order valence-corrected chi connectivity index (χ4v) is 2.97. The largest absolute Gasteiger partial charge is 0.392 e. The Morgan fingerprint density at radius 2 is 2.32 bits per heavy atom. The normalized spacial score (nSPS) is 22.7. The van der Waals surface area contributed by atoms with Gasteiger partial charge >= 0.3 is 0 Å². The smallest absolute Gasteiger partial charge is 0.257 e. The van der Waals surface area contributed by atoms with Crippen LogP contribution in [0, 0.1) is 5.82 Å². The summed E-state index contributed by atoms with van der Waals surface area (Å²) >= 11 is 0. The lowest BCUT2D eigenvalue weighted by atomic mass is 10.1. The Morgan fingerprint density at radius 1 is 1.47 bits per heavy atom. The number of rotatable bonds is 2. The van der Waals surface area contributed by atoms with E-state index in [1.54, 1.807) is 11.0 Å². The number of aliphatic hydroxyl groups is 1. The van der Waals surface area contributed by atoms with Crippen molar-refractivity contribution in [2.24, 2.45) is 0 Å². The average molecular weight is 264 g/mol. The Morgan fingerprint density at radius 3 is 3.00 bits per heavy atom. The molecule has 1 atom stereocenters. The molecule has 0 bridgehead atoms. The van der Waals surface area contributed by atoms with Crippen LogP contribution in [0.2, 0.25) is 0 Å². The van der Waals surface area contributed by atoms with Gasteiger partial charge in [-0.2, -0.15) is 0 Å². The molecule has 5 heteroatoms. The second kappa shape index (κ2) is 4.90. The van der Waals surface area contributed by atoms with Gasteiger partial charge in [0.25, 0.3) is 5.91 Å². The number of nitrogens with one attached hydrogen (secondary N) is 1. The zero-order valence-electron chi connectivity index (χ0n) is 10.7. The monoisotopic (exact) mass is 264 g/mol. The molecule has 2 N–H and O–H groups in total. The van der Waals surface area contributed by atoms with Gasteiger partial charge in [-0.25, -0.2) is 4.39 Å². The summed E-state index contributed by atoms with van der Waals surface area (Å²) in [4.78, 5) is 14.1. The molecule has 1 saturated heterocycles. The van der Waals surface area contributed by atoms with Crippen molar-refractivity contribution in [1.82, 2.24) is 10.2 Å². The Bertz CT molecular complexity index is 512. The summed E-state index contributed by atoms with van der Waals surface area (Å²) in [5, 5.41) is 12.4. The minimum atomic E-state index is -0.516. The maximum atomic E-state index is 14.0. The van der Waals surface area contributed by atoms with E-state index in [0.29, 0.717) is 17.7 Å². The average Bonchev–Trinajstić information content (AvgIpc) is 2.77. The van der Waals surface area contributed by atoms with Gasteiger partial charge in [-0.1, -0.05) is 6.07 Å². The SMILES string of the molecule is O=C1c2c(F)cc(CO)cc2CN1C1CCCNC1. The Kier molecular flexibility index (Phi) is 3.24. The molecule has 3 rings (SSSR count). The van der Waals surface area contributed by atoms with Crippen LogP contribution in [0.1, 0.15) is 34.3 Å². The van der Waals surface area contributed by atoms with Gasteiger partial charge in [0.1, 0.15) is 5.82 Å². The summed E-state index contributed by atoms with van der Waals surface area (Å²) in [5.74, 6) is -0.733. The molecule has 1 aromatic carbocycles. The second-order valence-corrected chi connectivity index (χ2v) is 5.20. The third-order valence-electron chi connectivity index (χ3n) is 3.94. The minimum Gasteiger partial charge on any atom is -0.392 e. The molecule has 0 radical (unpaired) electrons. The van der Waals surface area contributed by atoms with E-state index in [4.69, 9.17) is 5.11 Å². The second-order valence-electron chi connectivity index (χ2n) is 5.20. The maximum Gasteiger partial charge on any atom is 0.257 e. The summed E-state index contributed by atoms with van der Waals surface area (Å²) < 4.78 is 14.0. The van der Waals surface area contributed by atoms with Crippen molar-refractivity contribution < 1.29 is 14.3 Å². The van der Waals surface area contributed by atoms with E-state index in [9.17, 15) is 9.18 Å². The van der Waals surface area contributed by atoms with Crippen molar-refractivity contribution in [3.8, 4) is 0 Å². The maximum absolute atomic E-state index is 14.0. The van der Waals surface area contributed by atoms with Crippen LogP contribution in [0.5, 0.6) is 0 Å². The van der Waals surface area contributed by atoms with Crippen LogP contribution in [0.25, 0.3) is 0 Å². The molecule has 1 unspecified atom stereocenters.